The summed E-state index contributed by atoms with van der Waals surface area (Å²) in [5.74, 6) is -1.86. The van der Waals surface area contributed by atoms with Crippen molar-refractivity contribution in [3.63, 3.8) is 0 Å². The molecule has 0 aliphatic rings. The Morgan fingerprint density at radius 2 is 1.68 bits per heavy atom. The van der Waals surface area contributed by atoms with Crippen LogP contribution >= 0.6 is 0 Å². The molecule has 3 rings (SSSR count). The van der Waals surface area contributed by atoms with Crippen molar-refractivity contribution in [2.24, 2.45) is 0 Å². The number of amides is 2. The van der Waals surface area contributed by atoms with E-state index in [0.717, 1.165) is 23.3 Å². The van der Waals surface area contributed by atoms with E-state index in [1.54, 1.807) is 13.0 Å². The number of aryl methyl sites for hydroxylation is 1. The Labute approximate surface area is 142 Å². The third-order valence-corrected chi connectivity index (χ3v) is 3.84. The molecule has 0 fully saturated rings. The minimum absolute atomic E-state index is 0.0288. The molecule has 3 N–H and O–H groups in total. The molecule has 0 unspecified atom stereocenters. The molecule has 0 aliphatic heterocycles. The van der Waals surface area contributed by atoms with Gasteiger partial charge in [0.1, 0.15) is 11.6 Å². The molecule has 7 heteroatoms. The fraction of sp³-hybridized carbons (Fsp3) is 0.111. The lowest BCUT2D eigenvalue weighted by molar-refractivity contribution is -0.121. The first-order valence-corrected chi connectivity index (χ1v) is 7.55. The van der Waals surface area contributed by atoms with E-state index in [4.69, 9.17) is 0 Å². The molecule has 0 saturated carbocycles. The zero-order valence-corrected chi connectivity index (χ0v) is 13.3. The van der Waals surface area contributed by atoms with Gasteiger partial charge in [0.15, 0.2) is 0 Å². The Morgan fingerprint density at radius 3 is 2.40 bits per heavy atom. The molecule has 5 nitrogen and oxygen atoms in total. The summed E-state index contributed by atoms with van der Waals surface area (Å²) in [5, 5.41) is 0.623. The molecule has 3 aromatic rings. The van der Waals surface area contributed by atoms with Crippen molar-refractivity contribution in [3.05, 3.63) is 70.9 Å². The molecule has 0 bridgehead atoms. The van der Waals surface area contributed by atoms with Crippen LogP contribution in [0.1, 0.15) is 21.6 Å². The number of hydrogen-bond acceptors (Lipinski definition) is 2. The first-order valence-electron chi connectivity index (χ1n) is 7.55. The molecule has 0 saturated heterocycles. The fourth-order valence-corrected chi connectivity index (χ4v) is 2.59. The highest BCUT2D eigenvalue weighted by molar-refractivity contribution is 5.96. The van der Waals surface area contributed by atoms with Gasteiger partial charge in [-0.05, 0) is 55.0 Å². The molecule has 1 aromatic heterocycles. The van der Waals surface area contributed by atoms with Crippen LogP contribution < -0.4 is 10.9 Å². The molecule has 0 aliphatic carbocycles. The Kier molecular flexibility index (Phi) is 4.47. The summed E-state index contributed by atoms with van der Waals surface area (Å²) in [6, 6.07) is 9.23. The molecule has 25 heavy (non-hydrogen) atoms. The highest BCUT2D eigenvalue weighted by Gasteiger charge is 2.14. The Bertz CT molecular complexity index is 949. The number of H-pyrrole nitrogens is 1. The van der Waals surface area contributed by atoms with Crippen LogP contribution in [0.25, 0.3) is 10.9 Å². The third kappa shape index (κ3) is 3.65. The molecule has 128 valence electrons. The summed E-state index contributed by atoms with van der Waals surface area (Å²) in [5.41, 5.74) is 6.92. The van der Waals surface area contributed by atoms with E-state index < -0.39 is 23.4 Å². The van der Waals surface area contributed by atoms with Crippen LogP contribution in [0.2, 0.25) is 0 Å². The summed E-state index contributed by atoms with van der Waals surface area (Å²) < 4.78 is 26.3. The third-order valence-electron chi connectivity index (χ3n) is 3.84. The van der Waals surface area contributed by atoms with Crippen LogP contribution in [0.15, 0.2) is 42.5 Å². The van der Waals surface area contributed by atoms with Crippen LogP contribution in [0.3, 0.4) is 0 Å². The van der Waals surface area contributed by atoms with Crippen molar-refractivity contribution in [2.75, 3.05) is 0 Å². The van der Waals surface area contributed by atoms with Gasteiger partial charge in [-0.3, -0.25) is 20.4 Å². The van der Waals surface area contributed by atoms with E-state index in [-0.39, 0.29) is 12.0 Å². The number of hydrazine groups is 1. The van der Waals surface area contributed by atoms with E-state index in [1.165, 1.54) is 24.3 Å². The first kappa shape index (κ1) is 16.6. The second-order valence-corrected chi connectivity index (χ2v) is 5.60. The van der Waals surface area contributed by atoms with Gasteiger partial charge in [-0.2, -0.15) is 0 Å². The van der Waals surface area contributed by atoms with Gasteiger partial charge in [0, 0.05) is 22.2 Å². The predicted octanol–water partition coefficient (Wildman–Crippen LogP) is 2.76. The minimum atomic E-state index is -0.560. The number of fused-ring (bicyclic) bond motifs is 1. The zero-order valence-electron chi connectivity index (χ0n) is 13.3. The summed E-state index contributed by atoms with van der Waals surface area (Å²) in [6.45, 7) is 1.79. The number of hydrogen-bond donors (Lipinski definition) is 3. The molecular formula is C18H15F2N3O2. The van der Waals surface area contributed by atoms with Crippen molar-refractivity contribution >= 4 is 22.7 Å². The summed E-state index contributed by atoms with van der Waals surface area (Å²) >= 11 is 0. The maximum Gasteiger partial charge on any atom is 0.269 e. The lowest BCUT2D eigenvalue weighted by Gasteiger charge is -2.08. The number of rotatable bonds is 3. The average Bonchev–Trinajstić information content (AvgIpc) is 2.88. The molecule has 0 radical (unpaired) electrons. The standard InChI is InChI=1S/C18H15F2N3O2/c1-10-14(15-8-13(20)6-7-16(15)21-10)9-17(24)22-23-18(25)11-2-4-12(19)5-3-11/h2-8,21H,9H2,1H3,(H,22,24)(H,23,25). The van der Waals surface area contributed by atoms with Crippen LogP contribution in [0, 0.1) is 18.6 Å². The largest absolute Gasteiger partial charge is 0.358 e. The van der Waals surface area contributed by atoms with Crippen molar-refractivity contribution in [2.45, 2.75) is 13.3 Å². The minimum Gasteiger partial charge on any atom is -0.358 e. The first-order chi connectivity index (χ1) is 11.9. The predicted molar refractivity (Wildman–Crippen MR) is 88.7 cm³/mol. The van der Waals surface area contributed by atoms with Crippen LogP contribution in [0.5, 0.6) is 0 Å². The van der Waals surface area contributed by atoms with Gasteiger partial charge in [0.05, 0.1) is 6.42 Å². The molecule has 2 amide bonds. The SMILES string of the molecule is Cc1[nH]c2ccc(F)cc2c1CC(=O)NNC(=O)c1ccc(F)cc1. The second kappa shape index (κ2) is 6.72. The Hall–Kier alpha value is -3.22. The van der Waals surface area contributed by atoms with Crippen LogP contribution in [-0.2, 0) is 11.2 Å². The second-order valence-electron chi connectivity index (χ2n) is 5.60. The van der Waals surface area contributed by atoms with E-state index >= 15 is 0 Å². The van der Waals surface area contributed by atoms with Gasteiger partial charge in [-0.25, -0.2) is 8.78 Å². The van der Waals surface area contributed by atoms with Gasteiger partial charge in [-0.15, -0.1) is 0 Å². The number of halogens is 2. The van der Waals surface area contributed by atoms with Crippen molar-refractivity contribution < 1.29 is 18.4 Å². The monoisotopic (exact) mass is 343 g/mol. The lowest BCUT2D eigenvalue weighted by Crippen LogP contribution is -2.42. The maximum atomic E-state index is 13.4. The number of aromatic amines is 1. The molecule has 0 atom stereocenters. The van der Waals surface area contributed by atoms with Crippen LogP contribution in [0.4, 0.5) is 8.78 Å². The smallest absolute Gasteiger partial charge is 0.269 e. The number of aromatic nitrogens is 1. The van der Waals surface area contributed by atoms with E-state index in [9.17, 15) is 18.4 Å². The van der Waals surface area contributed by atoms with Gasteiger partial charge in [-0.1, -0.05) is 0 Å². The number of benzene rings is 2. The number of nitrogens with one attached hydrogen (secondary N) is 3. The van der Waals surface area contributed by atoms with E-state index in [1.807, 2.05) is 0 Å². The average molecular weight is 343 g/mol. The van der Waals surface area contributed by atoms with Crippen molar-refractivity contribution in [3.8, 4) is 0 Å². The van der Waals surface area contributed by atoms with Crippen molar-refractivity contribution in [1.82, 2.24) is 15.8 Å². The quantitative estimate of drug-likeness (QED) is 0.640. The Balaban J connectivity index is 1.67. The topological polar surface area (TPSA) is 74.0 Å². The van der Waals surface area contributed by atoms with Gasteiger partial charge in [0.2, 0.25) is 5.91 Å². The van der Waals surface area contributed by atoms with Gasteiger partial charge < -0.3 is 4.98 Å². The highest BCUT2D eigenvalue weighted by atomic mass is 19.1. The van der Waals surface area contributed by atoms with Crippen molar-refractivity contribution in [1.29, 1.82) is 0 Å². The zero-order chi connectivity index (χ0) is 18.0. The normalized spacial score (nSPS) is 10.7. The summed E-state index contributed by atoms with van der Waals surface area (Å²) in [7, 11) is 0. The number of carbonyl (C=O) groups excluding carboxylic acids is 2. The molecular weight excluding hydrogens is 328 g/mol. The van der Waals surface area contributed by atoms with Gasteiger partial charge >= 0.3 is 0 Å². The maximum absolute atomic E-state index is 13.4. The number of carbonyl (C=O) groups is 2. The van der Waals surface area contributed by atoms with E-state index in [0.29, 0.717) is 10.9 Å². The molecule has 0 spiro atoms. The van der Waals surface area contributed by atoms with Crippen LogP contribution in [-0.4, -0.2) is 16.8 Å². The van der Waals surface area contributed by atoms with Gasteiger partial charge in [0.25, 0.3) is 5.91 Å². The van der Waals surface area contributed by atoms with E-state index in [2.05, 4.69) is 15.8 Å². The Morgan fingerprint density at radius 1 is 1.00 bits per heavy atom. The highest BCUT2D eigenvalue weighted by Crippen LogP contribution is 2.23. The lowest BCUT2D eigenvalue weighted by atomic mass is 10.1. The molecule has 1 heterocycles. The fourth-order valence-electron chi connectivity index (χ4n) is 2.59. The summed E-state index contributed by atoms with van der Waals surface area (Å²) in [4.78, 5) is 27.1. The molecule has 2 aromatic carbocycles. The summed E-state index contributed by atoms with van der Waals surface area (Å²) in [6.07, 6.45) is -0.0288.